The summed E-state index contributed by atoms with van der Waals surface area (Å²) in [5.74, 6) is 0.345. The van der Waals surface area contributed by atoms with E-state index in [0.717, 1.165) is 29.8 Å². The van der Waals surface area contributed by atoms with Crippen LogP contribution in [0.5, 0.6) is 0 Å². The number of allylic oxidation sites excluding steroid dienone is 1. The van der Waals surface area contributed by atoms with Crippen molar-refractivity contribution >= 4 is 23.1 Å². The summed E-state index contributed by atoms with van der Waals surface area (Å²) in [6.45, 7) is 2.97. The molecule has 0 amide bonds. The van der Waals surface area contributed by atoms with Gasteiger partial charge < -0.3 is 9.47 Å². The summed E-state index contributed by atoms with van der Waals surface area (Å²) in [4.78, 5) is 12.0. The van der Waals surface area contributed by atoms with E-state index in [4.69, 9.17) is 9.47 Å². The Morgan fingerprint density at radius 1 is 1.15 bits per heavy atom. The van der Waals surface area contributed by atoms with Crippen molar-refractivity contribution in [2.75, 3.05) is 18.7 Å². The third kappa shape index (κ3) is 3.94. The van der Waals surface area contributed by atoms with Gasteiger partial charge in [0.1, 0.15) is 6.61 Å². The van der Waals surface area contributed by atoms with Crippen LogP contribution in [-0.2, 0) is 20.9 Å². The molecule has 5 heteroatoms. The number of carbonyl (C=O) groups is 1. The van der Waals surface area contributed by atoms with Gasteiger partial charge in [-0.3, -0.25) is 5.01 Å². The lowest BCUT2D eigenvalue weighted by Gasteiger charge is -2.13. The Bertz CT molecular complexity index is 828. The van der Waals surface area contributed by atoms with Gasteiger partial charge in [0, 0.05) is 6.42 Å². The van der Waals surface area contributed by atoms with Gasteiger partial charge in [0.2, 0.25) is 5.90 Å². The predicted molar refractivity (Wildman–Crippen MR) is 103 cm³/mol. The van der Waals surface area contributed by atoms with Crippen LogP contribution in [0.25, 0.3) is 5.57 Å². The minimum absolute atomic E-state index is 0.353. The lowest BCUT2D eigenvalue weighted by atomic mass is 10.00. The molecule has 1 heterocycles. The van der Waals surface area contributed by atoms with Gasteiger partial charge in [-0.1, -0.05) is 48.5 Å². The highest BCUT2D eigenvalue weighted by Gasteiger charge is 2.19. The molecule has 1 aliphatic heterocycles. The number of carbonyl (C=O) groups excluding carboxylic acids is 1. The maximum atomic E-state index is 12.0. The molecule has 0 unspecified atom stereocenters. The summed E-state index contributed by atoms with van der Waals surface area (Å²) >= 11 is 0. The number of methoxy groups -OCH3 is 1. The van der Waals surface area contributed by atoms with Crippen LogP contribution >= 0.6 is 0 Å². The summed E-state index contributed by atoms with van der Waals surface area (Å²) in [7, 11) is 1.39. The highest BCUT2D eigenvalue weighted by molar-refractivity contribution is 6.16. The molecule has 0 aromatic heterocycles. The highest BCUT2D eigenvalue weighted by Crippen LogP contribution is 2.23. The lowest BCUT2D eigenvalue weighted by Crippen LogP contribution is -2.11. The molecule has 0 radical (unpaired) electrons. The number of benzene rings is 2. The number of ether oxygens (including phenoxy) is 2. The van der Waals surface area contributed by atoms with Crippen molar-refractivity contribution in [3.8, 4) is 0 Å². The van der Waals surface area contributed by atoms with Crippen molar-refractivity contribution in [2.24, 2.45) is 5.10 Å². The van der Waals surface area contributed by atoms with Gasteiger partial charge in [-0.05, 0) is 30.2 Å². The van der Waals surface area contributed by atoms with Crippen LogP contribution in [-0.4, -0.2) is 25.5 Å². The quantitative estimate of drug-likeness (QED) is 0.604. The van der Waals surface area contributed by atoms with Gasteiger partial charge in [0.05, 0.1) is 24.9 Å². The van der Waals surface area contributed by atoms with Gasteiger partial charge in [0.25, 0.3) is 0 Å². The summed E-state index contributed by atoms with van der Waals surface area (Å²) in [6.07, 6.45) is 2.51. The first-order valence-corrected chi connectivity index (χ1v) is 8.58. The molecular formula is C21H22N2O3. The first kappa shape index (κ1) is 17.7. The Hall–Kier alpha value is -3.08. The Kier molecular flexibility index (Phi) is 5.69. The second-order valence-electron chi connectivity index (χ2n) is 5.84. The van der Waals surface area contributed by atoms with Crippen LogP contribution in [0.1, 0.15) is 24.5 Å². The number of esters is 1. The van der Waals surface area contributed by atoms with Crippen LogP contribution < -0.4 is 5.01 Å². The fourth-order valence-corrected chi connectivity index (χ4v) is 2.89. The van der Waals surface area contributed by atoms with Crippen LogP contribution in [0.15, 0.2) is 65.8 Å². The summed E-state index contributed by atoms with van der Waals surface area (Å²) < 4.78 is 10.8. The van der Waals surface area contributed by atoms with Crippen molar-refractivity contribution in [2.45, 2.75) is 20.0 Å². The fourth-order valence-electron chi connectivity index (χ4n) is 2.89. The van der Waals surface area contributed by atoms with E-state index < -0.39 is 0 Å². The van der Waals surface area contributed by atoms with Crippen LogP contribution in [0.3, 0.4) is 0 Å². The van der Waals surface area contributed by atoms with Gasteiger partial charge in [-0.2, -0.15) is 0 Å². The largest absolute Gasteiger partial charge is 0.475 e. The van der Waals surface area contributed by atoms with E-state index in [0.29, 0.717) is 18.1 Å². The minimum Gasteiger partial charge on any atom is -0.475 e. The molecule has 0 atom stereocenters. The topological polar surface area (TPSA) is 51.1 Å². The molecule has 0 fully saturated rings. The van der Waals surface area contributed by atoms with Crippen molar-refractivity contribution in [3.05, 3.63) is 71.8 Å². The van der Waals surface area contributed by atoms with Crippen molar-refractivity contribution < 1.29 is 14.3 Å². The average molecular weight is 350 g/mol. The molecule has 0 bridgehead atoms. The summed E-state index contributed by atoms with van der Waals surface area (Å²) in [5, 5.41) is 6.48. The van der Waals surface area contributed by atoms with E-state index in [2.05, 4.69) is 5.10 Å². The van der Waals surface area contributed by atoms with Crippen LogP contribution in [0, 0.1) is 0 Å². The Balaban J connectivity index is 1.72. The fraction of sp³-hybridized carbons (Fsp3) is 0.238. The second-order valence-corrected chi connectivity index (χ2v) is 5.84. The number of hydrazone groups is 1. The van der Waals surface area contributed by atoms with E-state index in [1.165, 1.54) is 7.11 Å². The SMILES string of the molecule is CC=C(C(=O)OC)c1ccccc1COC1=NN(c2ccccc2)CC1. The molecule has 0 spiro atoms. The molecule has 1 aliphatic rings. The zero-order valence-corrected chi connectivity index (χ0v) is 15.0. The monoisotopic (exact) mass is 350 g/mol. The molecule has 0 N–H and O–H groups in total. The summed E-state index contributed by atoms with van der Waals surface area (Å²) in [5.41, 5.74) is 3.33. The second kappa shape index (κ2) is 8.34. The molecule has 2 aromatic carbocycles. The third-order valence-corrected chi connectivity index (χ3v) is 4.22. The first-order chi connectivity index (χ1) is 12.7. The number of hydrogen-bond donors (Lipinski definition) is 0. The van der Waals surface area contributed by atoms with E-state index >= 15 is 0 Å². The van der Waals surface area contributed by atoms with Gasteiger partial charge in [0.15, 0.2) is 0 Å². The maximum Gasteiger partial charge on any atom is 0.338 e. The van der Waals surface area contributed by atoms with E-state index in [9.17, 15) is 4.79 Å². The van der Waals surface area contributed by atoms with E-state index in [1.807, 2.05) is 66.5 Å². The number of rotatable bonds is 5. The third-order valence-electron chi connectivity index (χ3n) is 4.22. The lowest BCUT2D eigenvalue weighted by molar-refractivity contribution is -0.133. The number of nitrogens with zero attached hydrogens (tertiary/aromatic N) is 2. The highest BCUT2D eigenvalue weighted by atomic mass is 16.5. The average Bonchev–Trinajstić information content (AvgIpc) is 3.17. The van der Waals surface area contributed by atoms with Crippen molar-refractivity contribution in [1.29, 1.82) is 0 Å². The Labute approximate surface area is 153 Å². The van der Waals surface area contributed by atoms with E-state index in [1.54, 1.807) is 6.08 Å². The van der Waals surface area contributed by atoms with Crippen molar-refractivity contribution in [3.63, 3.8) is 0 Å². The predicted octanol–water partition coefficient (Wildman–Crippen LogP) is 4.00. The normalized spacial score (nSPS) is 14.2. The molecule has 0 saturated heterocycles. The standard InChI is InChI=1S/C21H22N2O3/c1-3-18(21(24)25-2)19-12-8-7-9-16(19)15-26-20-13-14-23(22-20)17-10-5-4-6-11-17/h3-12H,13-15H2,1-2H3. The smallest absolute Gasteiger partial charge is 0.338 e. The van der Waals surface area contributed by atoms with Gasteiger partial charge in [-0.25, -0.2) is 4.79 Å². The number of anilines is 1. The van der Waals surface area contributed by atoms with Crippen LogP contribution in [0.4, 0.5) is 5.69 Å². The number of para-hydroxylation sites is 1. The minimum atomic E-state index is -0.353. The Morgan fingerprint density at radius 3 is 2.62 bits per heavy atom. The van der Waals surface area contributed by atoms with Crippen molar-refractivity contribution in [1.82, 2.24) is 0 Å². The van der Waals surface area contributed by atoms with Gasteiger partial charge in [-0.15, -0.1) is 5.10 Å². The molecule has 26 heavy (non-hydrogen) atoms. The van der Waals surface area contributed by atoms with E-state index in [-0.39, 0.29) is 5.97 Å². The maximum absolute atomic E-state index is 12.0. The molecule has 2 aromatic rings. The number of hydrogen-bond acceptors (Lipinski definition) is 5. The first-order valence-electron chi connectivity index (χ1n) is 8.58. The molecule has 0 aliphatic carbocycles. The zero-order valence-electron chi connectivity index (χ0n) is 15.0. The Morgan fingerprint density at radius 2 is 1.88 bits per heavy atom. The molecule has 0 saturated carbocycles. The molecule has 134 valence electrons. The van der Waals surface area contributed by atoms with Gasteiger partial charge >= 0.3 is 5.97 Å². The molecule has 5 nitrogen and oxygen atoms in total. The molecule has 3 rings (SSSR count). The summed E-state index contributed by atoms with van der Waals surface area (Å²) in [6, 6.07) is 17.7. The van der Waals surface area contributed by atoms with Crippen LogP contribution in [0.2, 0.25) is 0 Å². The molecular weight excluding hydrogens is 328 g/mol. The zero-order chi connectivity index (χ0) is 18.4.